The Balaban J connectivity index is 1.92. The largest absolute Gasteiger partial charge is 0.478 e. The maximum absolute atomic E-state index is 13.4. The second-order valence-corrected chi connectivity index (χ2v) is 6.91. The lowest BCUT2D eigenvalue weighted by molar-refractivity contribution is 0.0697. The predicted molar refractivity (Wildman–Crippen MR) is 107 cm³/mol. The number of hydrogen-bond donors (Lipinski definition) is 3. The van der Waals surface area contributed by atoms with Gasteiger partial charge in [0.15, 0.2) is 0 Å². The van der Waals surface area contributed by atoms with Crippen LogP contribution >= 0.6 is 11.6 Å². The zero-order chi connectivity index (χ0) is 20.4. The lowest BCUT2D eigenvalue weighted by Gasteiger charge is -2.15. The van der Waals surface area contributed by atoms with E-state index < -0.39 is 11.8 Å². The minimum atomic E-state index is -1.25. The van der Waals surface area contributed by atoms with Crippen molar-refractivity contribution >= 4 is 40.6 Å². The van der Waals surface area contributed by atoms with Crippen molar-refractivity contribution in [3.05, 3.63) is 58.6 Å². The number of benzene rings is 1. The average molecular weight is 404 g/mol. The van der Waals surface area contributed by atoms with Gasteiger partial charge < -0.3 is 15.7 Å². The van der Waals surface area contributed by atoms with E-state index >= 15 is 0 Å². The van der Waals surface area contributed by atoms with Gasteiger partial charge in [-0.2, -0.15) is 5.10 Å². The van der Waals surface area contributed by atoms with E-state index in [9.17, 15) is 14.3 Å². The Hall–Kier alpha value is -3.13. The second kappa shape index (κ2) is 7.85. The maximum Gasteiger partial charge on any atom is 0.337 e. The molecular formula is C19H19ClFN5O2. The Labute approximate surface area is 166 Å². The van der Waals surface area contributed by atoms with E-state index in [0.717, 1.165) is 17.6 Å². The number of hydrogen-bond acceptors (Lipinski definition) is 5. The highest BCUT2D eigenvalue weighted by molar-refractivity contribution is 6.33. The smallest absolute Gasteiger partial charge is 0.337 e. The molecule has 0 fully saturated rings. The van der Waals surface area contributed by atoms with Gasteiger partial charge in [-0.1, -0.05) is 11.6 Å². The summed E-state index contributed by atoms with van der Waals surface area (Å²) >= 11 is 6.21. The molecule has 1 aromatic carbocycles. The summed E-state index contributed by atoms with van der Waals surface area (Å²) in [4.78, 5) is 15.6. The highest BCUT2D eigenvalue weighted by Gasteiger charge is 2.14. The molecule has 0 unspecified atom stereocenters. The van der Waals surface area contributed by atoms with Crippen LogP contribution in [0.4, 0.5) is 27.4 Å². The van der Waals surface area contributed by atoms with E-state index in [1.165, 1.54) is 18.3 Å². The van der Waals surface area contributed by atoms with Gasteiger partial charge in [0.2, 0.25) is 0 Å². The number of nitrogens with zero attached hydrogens (tertiary/aromatic N) is 3. The molecule has 3 rings (SSSR count). The molecule has 0 aliphatic carbocycles. The number of halogens is 2. The minimum Gasteiger partial charge on any atom is -0.478 e. The molecule has 0 saturated heterocycles. The van der Waals surface area contributed by atoms with Crippen molar-refractivity contribution in [3.63, 3.8) is 0 Å². The van der Waals surface area contributed by atoms with Gasteiger partial charge in [-0.25, -0.2) is 18.9 Å². The maximum atomic E-state index is 13.4. The molecular weight excluding hydrogens is 385 g/mol. The molecule has 0 atom stereocenters. The van der Waals surface area contributed by atoms with Gasteiger partial charge in [0.1, 0.15) is 17.5 Å². The van der Waals surface area contributed by atoms with Gasteiger partial charge in [0, 0.05) is 18.2 Å². The molecule has 3 N–H and O–H groups in total. The van der Waals surface area contributed by atoms with Crippen molar-refractivity contribution in [2.24, 2.45) is 0 Å². The number of nitrogens with one attached hydrogen (secondary N) is 2. The van der Waals surface area contributed by atoms with Crippen LogP contribution in [0.1, 0.15) is 35.9 Å². The summed E-state index contributed by atoms with van der Waals surface area (Å²) in [5.74, 6) is -0.626. The number of aryl methyl sites for hydroxylation is 1. The molecule has 0 aliphatic heterocycles. The monoisotopic (exact) mass is 403 g/mol. The van der Waals surface area contributed by atoms with Gasteiger partial charge in [-0.3, -0.25) is 0 Å². The quantitative estimate of drug-likeness (QED) is 0.527. The molecule has 0 aliphatic rings. The Morgan fingerprint density at radius 3 is 2.64 bits per heavy atom. The van der Waals surface area contributed by atoms with Crippen LogP contribution in [0.15, 0.2) is 36.5 Å². The Kier molecular flexibility index (Phi) is 5.51. The molecule has 2 heterocycles. The molecule has 146 valence electrons. The predicted octanol–water partition coefficient (Wildman–Crippen LogP) is 5.15. The van der Waals surface area contributed by atoms with E-state index in [-0.39, 0.29) is 17.3 Å². The lowest BCUT2D eigenvalue weighted by Crippen LogP contribution is -2.08. The molecule has 0 bridgehead atoms. The molecule has 0 spiro atoms. The summed E-state index contributed by atoms with van der Waals surface area (Å²) in [6.45, 7) is 5.93. The van der Waals surface area contributed by atoms with Crippen molar-refractivity contribution in [2.75, 3.05) is 10.6 Å². The third-order valence-electron chi connectivity index (χ3n) is 3.94. The van der Waals surface area contributed by atoms with Gasteiger partial charge in [-0.05, 0) is 39.0 Å². The number of carboxylic acids is 1. The third-order valence-corrected chi connectivity index (χ3v) is 4.24. The van der Waals surface area contributed by atoms with Crippen molar-refractivity contribution in [1.29, 1.82) is 0 Å². The van der Waals surface area contributed by atoms with Gasteiger partial charge in [0.05, 0.1) is 33.9 Å². The molecule has 0 saturated carbocycles. The van der Waals surface area contributed by atoms with Gasteiger partial charge in [0.25, 0.3) is 0 Å². The summed E-state index contributed by atoms with van der Waals surface area (Å²) < 4.78 is 15.2. The summed E-state index contributed by atoms with van der Waals surface area (Å²) in [7, 11) is 0. The topological polar surface area (TPSA) is 92.1 Å². The normalized spacial score (nSPS) is 10.9. The van der Waals surface area contributed by atoms with Crippen LogP contribution in [0.2, 0.25) is 5.02 Å². The standard InChI is InChI=1S/C19H19ClFN5O2/c1-10(2)26-18(6-11(3)25-26)24-17-8-16(14(20)9-22-17)23-15-5-4-12(21)7-13(15)19(27)28/h4-10H,1-3H3,(H,27,28)(H2,22,23,24). The van der Waals surface area contributed by atoms with Crippen LogP contribution in [0.25, 0.3) is 0 Å². The Morgan fingerprint density at radius 1 is 1.21 bits per heavy atom. The SMILES string of the molecule is Cc1cc(Nc2cc(Nc3ccc(F)cc3C(=O)O)c(Cl)cn2)n(C(C)C)n1. The summed E-state index contributed by atoms with van der Waals surface area (Å²) in [5.41, 5.74) is 1.31. The van der Waals surface area contributed by atoms with E-state index in [0.29, 0.717) is 16.5 Å². The molecule has 3 aromatic rings. The highest BCUT2D eigenvalue weighted by Crippen LogP contribution is 2.30. The van der Waals surface area contributed by atoms with Crippen molar-refractivity contribution in [1.82, 2.24) is 14.8 Å². The zero-order valence-corrected chi connectivity index (χ0v) is 16.3. The van der Waals surface area contributed by atoms with E-state index in [1.807, 2.05) is 31.5 Å². The number of pyridine rings is 1. The number of anilines is 4. The number of rotatable bonds is 6. The number of aromatic carboxylic acids is 1. The van der Waals surface area contributed by atoms with Crippen LogP contribution in [-0.2, 0) is 0 Å². The zero-order valence-electron chi connectivity index (χ0n) is 15.5. The summed E-state index contributed by atoms with van der Waals surface area (Å²) in [6, 6.07) is 7.16. The first-order chi connectivity index (χ1) is 13.2. The Morgan fingerprint density at radius 2 is 1.96 bits per heavy atom. The van der Waals surface area contributed by atoms with Crippen LogP contribution in [0, 0.1) is 12.7 Å². The van der Waals surface area contributed by atoms with Gasteiger partial charge in [-0.15, -0.1) is 0 Å². The molecule has 9 heteroatoms. The fourth-order valence-corrected chi connectivity index (χ4v) is 2.84. The minimum absolute atomic E-state index is 0.151. The summed E-state index contributed by atoms with van der Waals surface area (Å²) in [6.07, 6.45) is 1.44. The van der Waals surface area contributed by atoms with Crippen molar-refractivity contribution in [2.45, 2.75) is 26.8 Å². The van der Waals surface area contributed by atoms with Crippen LogP contribution in [0.5, 0.6) is 0 Å². The molecule has 28 heavy (non-hydrogen) atoms. The van der Waals surface area contributed by atoms with Crippen LogP contribution in [-0.4, -0.2) is 25.8 Å². The van der Waals surface area contributed by atoms with Crippen LogP contribution in [0.3, 0.4) is 0 Å². The van der Waals surface area contributed by atoms with Gasteiger partial charge >= 0.3 is 5.97 Å². The number of carbonyl (C=O) groups is 1. The number of carboxylic acid groups (broad SMARTS) is 1. The van der Waals surface area contributed by atoms with Crippen LogP contribution < -0.4 is 10.6 Å². The Bertz CT molecular complexity index is 1040. The van der Waals surface area contributed by atoms with E-state index in [1.54, 1.807) is 6.07 Å². The number of aromatic nitrogens is 3. The summed E-state index contributed by atoms with van der Waals surface area (Å²) in [5, 5.41) is 20.2. The first kappa shape index (κ1) is 19.6. The molecule has 0 amide bonds. The first-order valence-electron chi connectivity index (χ1n) is 8.53. The average Bonchev–Trinajstić information content (AvgIpc) is 2.99. The van der Waals surface area contributed by atoms with Crippen molar-refractivity contribution < 1.29 is 14.3 Å². The fourth-order valence-electron chi connectivity index (χ4n) is 2.69. The third kappa shape index (κ3) is 4.23. The fraction of sp³-hybridized carbons (Fsp3) is 0.211. The second-order valence-electron chi connectivity index (χ2n) is 6.50. The highest BCUT2D eigenvalue weighted by atomic mass is 35.5. The van der Waals surface area contributed by atoms with E-state index in [2.05, 4.69) is 20.7 Å². The molecule has 2 aromatic heterocycles. The van der Waals surface area contributed by atoms with E-state index in [4.69, 9.17) is 11.6 Å². The lowest BCUT2D eigenvalue weighted by atomic mass is 10.1. The van der Waals surface area contributed by atoms with Crippen molar-refractivity contribution in [3.8, 4) is 0 Å². The molecule has 7 nitrogen and oxygen atoms in total. The molecule has 0 radical (unpaired) electrons. The first-order valence-corrected chi connectivity index (χ1v) is 8.91.